The van der Waals surface area contributed by atoms with Crippen molar-refractivity contribution in [3.8, 4) is 0 Å². The van der Waals surface area contributed by atoms with Gasteiger partial charge in [0.15, 0.2) is 5.76 Å². The Labute approximate surface area is 134 Å². The predicted molar refractivity (Wildman–Crippen MR) is 85.5 cm³/mol. The minimum atomic E-state index is -0.473. The third kappa shape index (κ3) is 3.88. The van der Waals surface area contributed by atoms with Gasteiger partial charge >= 0.3 is 0 Å². The maximum atomic E-state index is 12.0. The molecule has 2 N–H and O–H groups in total. The summed E-state index contributed by atoms with van der Waals surface area (Å²) in [4.78, 5) is 12.0. The van der Waals surface area contributed by atoms with Crippen LogP contribution in [0.3, 0.4) is 0 Å². The van der Waals surface area contributed by atoms with Gasteiger partial charge in [-0.3, -0.25) is 4.79 Å². The summed E-state index contributed by atoms with van der Waals surface area (Å²) in [5.41, 5.74) is 1.15. The minimum Gasteiger partial charge on any atom is -0.459 e. The van der Waals surface area contributed by atoms with E-state index in [1.807, 2.05) is 18.4 Å². The Morgan fingerprint density at radius 3 is 2.95 bits per heavy atom. The van der Waals surface area contributed by atoms with Gasteiger partial charge in [0.25, 0.3) is 5.91 Å². The fourth-order valence-electron chi connectivity index (χ4n) is 2.73. The number of aliphatic hydroxyl groups is 1. The molecule has 0 aromatic carbocycles. The number of likely N-dealkylation sites (N-methyl/N-ethyl adjacent to an activating group) is 1. The van der Waals surface area contributed by atoms with Gasteiger partial charge in [-0.1, -0.05) is 0 Å². The predicted octanol–water partition coefficient (Wildman–Crippen LogP) is 2.24. The van der Waals surface area contributed by atoms with Crippen LogP contribution in [0, 0.1) is 5.92 Å². The smallest absolute Gasteiger partial charge is 0.285 e. The molecule has 0 unspecified atom stereocenters. The Morgan fingerprint density at radius 2 is 2.36 bits per heavy atom. The number of hydrogen-bond donors (Lipinski definition) is 2. The topological polar surface area (TPSA) is 67.8 Å². The van der Waals surface area contributed by atoms with Crippen molar-refractivity contribution in [3.05, 3.63) is 34.2 Å². The summed E-state index contributed by atoms with van der Waals surface area (Å²) in [5, 5.41) is 15.9. The number of thiophene rings is 1. The Balaban J connectivity index is 2.33. The van der Waals surface area contributed by atoms with E-state index >= 15 is 0 Å². The second-order valence-electron chi connectivity index (χ2n) is 5.16. The van der Waals surface area contributed by atoms with Gasteiger partial charge in [-0.05, 0) is 48.2 Å². The van der Waals surface area contributed by atoms with Crippen molar-refractivity contribution < 1.29 is 19.4 Å². The third-order valence-electron chi connectivity index (χ3n) is 3.79. The summed E-state index contributed by atoms with van der Waals surface area (Å²) < 4.78 is 11.5. The number of allylic oxidation sites excluding steroid dienone is 1. The van der Waals surface area contributed by atoms with Crippen molar-refractivity contribution in [2.24, 2.45) is 5.92 Å². The first-order valence-electron chi connectivity index (χ1n) is 7.56. The number of aliphatic hydroxyl groups excluding tert-OH is 1. The molecule has 0 fully saturated rings. The van der Waals surface area contributed by atoms with E-state index in [2.05, 4.69) is 16.8 Å². The van der Waals surface area contributed by atoms with Gasteiger partial charge in [0, 0.05) is 32.1 Å². The van der Waals surface area contributed by atoms with Crippen LogP contribution in [0.15, 0.2) is 28.7 Å². The highest BCUT2D eigenvalue weighted by atomic mass is 32.1. The van der Waals surface area contributed by atoms with Crippen LogP contribution in [0.1, 0.15) is 31.2 Å². The largest absolute Gasteiger partial charge is 0.459 e. The summed E-state index contributed by atoms with van der Waals surface area (Å²) in [6.45, 7) is 2.55. The first-order valence-corrected chi connectivity index (χ1v) is 8.50. The molecule has 2 rings (SSSR count). The van der Waals surface area contributed by atoms with Crippen LogP contribution < -0.4 is 5.32 Å². The molecule has 0 saturated heterocycles. The van der Waals surface area contributed by atoms with Crippen molar-refractivity contribution in [2.75, 3.05) is 20.3 Å². The first kappa shape index (κ1) is 17.0. The molecule has 122 valence electrons. The van der Waals surface area contributed by atoms with E-state index in [0.29, 0.717) is 18.8 Å². The van der Waals surface area contributed by atoms with Gasteiger partial charge in [-0.15, -0.1) is 0 Å². The fourth-order valence-corrected chi connectivity index (χ4v) is 3.44. The van der Waals surface area contributed by atoms with Crippen LogP contribution in [-0.4, -0.2) is 37.6 Å². The highest BCUT2D eigenvalue weighted by Crippen LogP contribution is 2.39. The Morgan fingerprint density at radius 1 is 1.55 bits per heavy atom. The Kier molecular flexibility index (Phi) is 6.42. The molecular weight excluding hydrogens is 302 g/mol. The molecule has 0 spiro atoms. The monoisotopic (exact) mass is 325 g/mol. The van der Waals surface area contributed by atoms with E-state index in [4.69, 9.17) is 14.6 Å². The van der Waals surface area contributed by atoms with Crippen LogP contribution >= 0.6 is 11.3 Å². The van der Waals surface area contributed by atoms with Crippen LogP contribution in [0.4, 0.5) is 0 Å². The van der Waals surface area contributed by atoms with Gasteiger partial charge < -0.3 is 19.9 Å². The molecule has 1 aliphatic heterocycles. The van der Waals surface area contributed by atoms with Crippen LogP contribution in [-0.2, 0) is 14.3 Å². The number of carbonyl (C=O) groups is 1. The molecule has 0 aliphatic carbocycles. The standard InChI is InChI=1S/C16H23NO4S/c1-3-20-16-12(5-4-7-18)13(11-6-8-22-10-11)9-14(21-16)15(19)17-2/h6,8-10,12-13,16,18H,3-5,7H2,1-2H3,(H,17,19)/t12-,13+,16+/m0/s1. The molecule has 22 heavy (non-hydrogen) atoms. The van der Waals surface area contributed by atoms with Crippen LogP contribution in [0.25, 0.3) is 0 Å². The van der Waals surface area contributed by atoms with Gasteiger partial charge in [0.1, 0.15) is 0 Å². The van der Waals surface area contributed by atoms with E-state index in [1.54, 1.807) is 18.4 Å². The number of rotatable bonds is 7. The summed E-state index contributed by atoms with van der Waals surface area (Å²) in [5.74, 6) is 0.188. The molecule has 1 aromatic rings. The summed E-state index contributed by atoms with van der Waals surface area (Å²) in [7, 11) is 1.58. The molecule has 5 nitrogen and oxygen atoms in total. The van der Waals surface area contributed by atoms with Gasteiger partial charge in [0.2, 0.25) is 6.29 Å². The highest BCUT2D eigenvalue weighted by molar-refractivity contribution is 7.08. The lowest BCUT2D eigenvalue weighted by molar-refractivity contribution is -0.166. The maximum absolute atomic E-state index is 12.0. The maximum Gasteiger partial charge on any atom is 0.285 e. The van der Waals surface area contributed by atoms with E-state index in [0.717, 1.165) is 12.0 Å². The zero-order chi connectivity index (χ0) is 15.9. The highest BCUT2D eigenvalue weighted by Gasteiger charge is 2.37. The first-order chi connectivity index (χ1) is 10.7. The van der Waals surface area contributed by atoms with Crippen LogP contribution in [0.5, 0.6) is 0 Å². The summed E-state index contributed by atoms with van der Waals surface area (Å²) in [6, 6.07) is 2.06. The SMILES string of the molecule is CCO[C@@H]1OC(C(=O)NC)=C[C@H](c2ccsc2)[C@@H]1CCCO. The average Bonchev–Trinajstić information content (AvgIpc) is 3.06. The van der Waals surface area contributed by atoms with E-state index in [9.17, 15) is 4.79 Å². The zero-order valence-electron chi connectivity index (χ0n) is 13.0. The molecule has 0 bridgehead atoms. The average molecular weight is 325 g/mol. The van der Waals surface area contributed by atoms with Crippen molar-refractivity contribution in [1.82, 2.24) is 5.32 Å². The number of amides is 1. The van der Waals surface area contributed by atoms with Crippen LogP contribution in [0.2, 0.25) is 0 Å². The second-order valence-corrected chi connectivity index (χ2v) is 5.94. The molecule has 3 atom stereocenters. The van der Waals surface area contributed by atoms with Gasteiger partial charge in [-0.25, -0.2) is 0 Å². The lowest BCUT2D eigenvalue weighted by atomic mass is 9.81. The number of ether oxygens (including phenoxy) is 2. The summed E-state index contributed by atoms with van der Waals surface area (Å²) in [6.07, 6.45) is 2.86. The molecule has 0 radical (unpaired) electrons. The Hall–Kier alpha value is -1.37. The lowest BCUT2D eigenvalue weighted by Gasteiger charge is -2.36. The molecule has 6 heteroatoms. The van der Waals surface area contributed by atoms with Crippen molar-refractivity contribution >= 4 is 17.2 Å². The second kappa shape index (κ2) is 8.31. The number of nitrogens with one attached hydrogen (secondary N) is 1. The lowest BCUT2D eigenvalue weighted by Crippen LogP contribution is -2.38. The fraction of sp³-hybridized carbons (Fsp3) is 0.562. The number of carbonyl (C=O) groups excluding carboxylic acids is 1. The zero-order valence-corrected chi connectivity index (χ0v) is 13.8. The van der Waals surface area contributed by atoms with E-state index < -0.39 is 6.29 Å². The Bertz CT molecular complexity index is 500. The molecular formula is C16H23NO4S. The molecule has 1 amide bonds. The van der Waals surface area contributed by atoms with Crippen molar-refractivity contribution in [3.63, 3.8) is 0 Å². The molecule has 0 saturated carbocycles. The summed E-state index contributed by atoms with van der Waals surface area (Å²) >= 11 is 1.63. The third-order valence-corrected chi connectivity index (χ3v) is 4.49. The van der Waals surface area contributed by atoms with Gasteiger partial charge in [0.05, 0.1) is 0 Å². The van der Waals surface area contributed by atoms with Gasteiger partial charge in [-0.2, -0.15) is 11.3 Å². The molecule has 2 heterocycles. The van der Waals surface area contributed by atoms with Crippen molar-refractivity contribution in [1.29, 1.82) is 0 Å². The quantitative estimate of drug-likeness (QED) is 0.807. The minimum absolute atomic E-state index is 0.0513. The van der Waals surface area contributed by atoms with E-state index in [1.165, 1.54) is 0 Å². The van der Waals surface area contributed by atoms with E-state index in [-0.39, 0.29) is 24.3 Å². The normalized spacial score (nSPS) is 24.5. The molecule has 1 aromatic heterocycles. The number of hydrogen-bond acceptors (Lipinski definition) is 5. The molecule has 1 aliphatic rings. The van der Waals surface area contributed by atoms with Crippen molar-refractivity contribution in [2.45, 2.75) is 32.0 Å².